The van der Waals surface area contributed by atoms with E-state index in [1.807, 2.05) is 11.6 Å². The molecular formula is C6H5BrN4. The fraction of sp³-hybridized carbons (Fsp3) is 0.167. The van der Waals surface area contributed by atoms with Crippen LogP contribution >= 0.6 is 15.9 Å². The maximum atomic E-state index is 4.11. The quantitative estimate of drug-likeness (QED) is 0.618. The van der Waals surface area contributed by atoms with Crippen molar-refractivity contribution in [2.75, 3.05) is 0 Å². The second-order valence-corrected chi connectivity index (χ2v) is 2.94. The molecule has 0 saturated carbocycles. The third-order valence-electron chi connectivity index (χ3n) is 1.45. The van der Waals surface area contributed by atoms with Gasteiger partial charge in [-0.2, -0.15) is 0 Å². The summed E-state index contributed by atoms with van der Waals surface area (Å²) in [5.41, 5.74) is 1.64. The fourth-order valence-electron chi connectivity index (χ4n) is 0.917. The second-order valence-electron chi connectivity index (χ2n) is 2.19. The molecule has 0 atom stereocenters. The van der Waals surface area contributed by atoms with Crippen LogP contribution in [0.4, 0.5) is 0 Å². The number of fused-ring (bicyclic) bond motifs is 1. The van der Waals surface area contributed by atoms with E-state index in [0.29, 0.717) is 0 Å². The minimum atomic E-state index is 0.739. The third kappa shape index (κ3) is 0.920. The molecule has 0 radical (unpaired) electrons. The Balaban J connectivity index is 2.94. The van der Waals surface area contributed by atoms with Gasteiger partial charge < -0.3 is 4.57 Å². The number of halogens is 1. The molecule has 56 valence electrons. The summed E-state index contributed by atoms with van der Waals surface area (Å²) in [6, 6.07) is 0. The number of hydrogen-bond donors (Lipinski definition) is 0. The van der Waals surface area contributed by atoms with Gasteiger partial charge in [-0.1, -0.05) is 0 Å². The summed E-state index contributed by atoms with van der Waals surface area (Å²) in [4.78, 5) is 12.1. The highest BCUT2D eigenvalue weighted by Crippen LogP contribution is 2.16. The molecule has 2 aromatic rings. The van der Waals surface area contributed by atoms with E-state index in [1.54, 1.807) is 6.33 Å². The van der Waals surface area contributed by atoms with E-state index >= 15 is 0 Å². The minimum Gasteiger partial charge on any atom is -0.318 e. The van der Waals surface area contributed by atoms with Crippen molar-refractivity contribution < 1.29 is 0 Å². The molecule has 5 heteroatoms. The molecule has 0 aliphatic carbocycles. The van der Waals surface area contributed by atoms with E-state index in [9.17, 15) is 0 Å². The average molecular weight is 215 g/mol. The molecule has 11 heavy (non-hydrogen) atoms. The number of hydrogen-bond acceptors (Lipinski definition) is 3. The van der Waals surface area contributed by atoms with Gasteiger partial charge in [-0.3, -0.25) is 0 Å². The minimum absolute atomic E-state index is 0.739. The first-order valence-electron chi connectivity index (χ1n) is 3.06. The van der Waals surface area contributed by atoms with Crippen LogP contribution in [0, 0.1) is 0 Å². The van der Waals surface area contributed by atoms with Gasteiger partial charge in [0.1, 0.15) is 16.4 Å². The maximum absolute atomic E-state index is 4.11. The first-order chi connectivity index (χ1) is 5.29. The molecule has 0 aromatic carbocycles. The Morgan fingerprint density at radius 1 is 1.36 bits per heavy atom. The van der Waals surface area contributed by atoms with Crippen LogP contribution in [0.1, 0.15) is 0 Å². The van der Waals surface area contributed by atoms with Gasteiger partial charge in [0.25, 0.3) is 0 Å². The molecule has 0 spiro atoms. The van der Waals surface area contributed by atoms with Crippen LogP contribution in [0.5, 0.6) is 0 Å². The molecule has 0 amide bonds. The lowest BCUT2D eigenvalue weighted by atomic mass is 10.6. The van der Waals surface area contributed by atoms with Crippen molar-refractivity contribution in [1.29, 1.82) is 0 Å². The van der Waals surface area contributed by atoms with E-state index in [0.717, 1.165) is 15.8 Å². The van der Waals surface area contributed by atoms with Gasteiger partial charge >= 0.3 is 0 Å². The number of rotatable bonds is 0. The predicted molar refractivity (Wildman–Crippen MR) is 44.0 cm³/mol. The van der Waals surface area contributed by atoms with Crippen LogP contribution in [0.2, 0.25) is 0 Å². The van der Waals surface area contributed by atoms with Crippen molar-refractivity contribution in [3.8, 4) is 0 Å². The first-order valence-corrected chi connectivity index (χ1v) is 3.86. The summed E-state index contributed by atoms with van der Waals surface area (Å²) in [5.74, 6) is 0. The smallest absolute Gasteiger partial charge is 0.164 e. The van der Waals surface area contributed by atoms with Crippen molar-refractivity contribution in [3.05, 3.63) is 17.3 Å². The van der Waals surface area contributed by atoms with Gasteiger partial charge in [-0.05, 0) is 15.9 Å². The largest absolute Gasteiger partial charge is 0.318 e. The lowest BCUT2D eigenvalue weighted by molar-refractivity contribution is 0.927. The summed E-state index contributed by atoms with van der Waals surface area (Å²) in [6.45, 7) is 0. The highest BCUT2D eigenvalue weighted by atomic mass is 79.9. The molecule has 0 unspecified atom stereocenters. The van der Waals surface area contributed by atoms with Gasteiger partial charge in [-0.25, -0.2) is 15.0 Å². The van der Waals surface area contributed by atoms with Crippen molar-refractivity contribution in [2.45, 2.75) is 0 Å². The summed E-state index contributed by atoms with van der Waals surface area (Å²) in [7, 11) is 1.90. The second kappa shape index (κ2) is 2.27. The van der Waals surface area contributed by atoms with Crippen molar-refractivity contribution in [1.82, 2.24) is 19.5 Å². The van der Waals surface area contributed by atoms with Gasteiger partial charge in [-0.15, -0.1) is 0 Å². The van der Waals surface area contributed by atoms with Crippen molar-refractivity contribution >= 4 is 27.1 Å². The molecule has 0 bridgehead atoms. The van der Waals surface area contributed by atoms with Gasteiger partial charge in [0.05, 0.1) is 6.33 Å². The molecule has 0 fully saturated rings. The van der Waals surface area contributed by atoms with Crippen molar-refractivity contribution in [3.63, 3.8) is 0 Å². The molecule has 2 heterocycles. The average Bonchev–Trinajstić information content (AvgIpc) is 2.35. The molecule has 0 aliphatic heterocycles. The van der Waals surface area contributed by atoms with Gasteiger partial charge in [0.2, 0.25) is 0 Å². The lowest BCUT2D eigenvalue weighted by Crippen LogP contribution is -1.88. The van der Waals surface area contributed by atoms with Crippen LogP contribution < -0.4 is 0 Å². The van der Waals surface area contributed by atoms with Gasteiger partial charge in [0, 0.05) is 7.05 Å². The zero-order valence-electron chi connectivity index (χ0n) is 5.82. The van der Waals surface area contributed by atoms with Crippen LogP contribution in [0.15, 0.2) is 17.3 Å². The maximum Gasteiger partial charge on any atom is 0.164 e. The highest BCUT2D eigenvalue weighted by Gasteiger charge is 2.03. The molecule has 0 aliphatic rings. The molecule has 2 rings (SSSR count). The van der Waals surface area contributed by atoms with E-state index in [4.69, 9.17) is 0 Å². The standard InChI is InChI=1S/C6H5BrN4/c1-11-3-10-4-5(7)8-2-9-6(4)11/h2-3H,1H3/i1+2. The zero-order valence-corrected chi connectivity index (χ0v) is 7.41. The van der Waals surface area contributed by atoms with Gasteiger partial charge in [0.15, 0.2) is 5.65 Å². The van der Waals surface area contributed by atoms with Crippen LogP contribution in [-0.2, 0) is 7.05 Å². The Kier molecular flexibility index (Phi) is 1.38. The summed E-state index contributed by atoms with van der Waals surface area (Å²) in [5, 5.41) is 0. The Hall–Kier alpha value is -0.970. The SMILES string of the molecule is [14CH3]n1cnc2c(Br)ncnc21. The van der Waals surface area contributed by atoms with Crippen LogP contribution in [0.3, 0.4) is 0 Å². The highest BCUT2D eigenvalue weighted by molar-refractivity contribution is 9.10. The zero-order chi connectivity index (χ0) is 7.84. The monoisotopic (exact) mass is 214 g/mol. The van der Waals surface area contributed by atoms with E-state index < -0.39 is 0 Å². The Bertz CT molecular complexity index is 394. The number of aryl methyl sites for hydroxylation is 1. The Morgan fingerprint density at radius 3 is 2.91 bits per heavy atom. The lowest BCUT2D eigenvalue weighted by Gasteiger charge is -1.91. The molecule has 4 nitrogen and oxygen atoms in total. The third-order valence-corrected chi connectivity index (χ3v) is 2.03. The number of imidazole rings is 1. The van der Waals surface area contributed by atoms with E-state index in [-0.39, 0.29) is 0 Å². The Morgan fingerprint density at radius 2 is 2.18 bits per heavy atom. The molecule has 0 saturated heterocycles. The summed E-state index contributed by atoms with van der Waals surface area (Å²) >= 11 is 3.28. The summed E-state index contributed by atoms with van der Waals surface area (Å²) < 4.78 is 2.59. The predicted octanol–water partition coefficient (Wildman–Crippen LogP) is 1.13. The summed E-state index contributed by atoms with van der Waals surface area (Å²) in [6.07, 6.45) is 3.22. The molecular weight excluding hydrogens is 210 g/mol. The van der Waals surface area contributed by atoms with E-state index in [2.05, 4.69) is 30.9 Å². The number of aromatic nitrogens is 4. The normalized spacial score (nSPS) is 10.7. The molecule has 0 N–H and O–H groups in total. The van der Waals surface area contributed by atoms with Crippen LogP contribution in [0.25, 0.3) is 11.2 Å². The first kappa shape index (κ1) is 6.72. The molecule has 2 aromatic heterocycles. The van der Waals surface area contributed by atoms with Crippen LogP contribution in [-0.4, -0.2) is 19.5 Å². The Labute approximate surface area is 71.4 Å². The topological polar surface area (TPSA) is 43.6 Å². The fourth-order valence-corrected chi connectivity index (χ4v) is 1.29. The number of nitrogens with zero attached hydrogens (tertiary/aromatic N) is 4. The van der Waals surface area contributed by atoms with E-state index in [1.165, 1.54) is 6.33 Å². The van der Waals surface area contributed by atoms with Crippen molar-refractivity contribution in [2.24, 2.45) is 7.05 Å².